The van der Waals surface area contributed by atoms with Crippen LogP contribution in [-0.2, 0) is 4.79 Å². The van der Waals surface area contributed by atoms with Gasteiger partial charge in [-0.2, -0.15) is 4.98 Å². The highest BCUT2D eigenvalue weighted by Gasteiger charge is 2.33. The lowest BCUT2D eigenvalue weighted by atomic mass is 10.1. The fourth-order valence-corrected chi connectivity index (χ4v) is 2.09. The molecule has 0 saturated heterocycles. The highest BCUT2D eigenvalue weighted by Crippen LogP contribution is 2.35. The summed E-state index contributed by atoms with van der Waals surface area (Å²) in [6.07, 6.45) is 2.25. The molecule has 6 nitrogen and oxygen atoms in total. The maximum atomic E-state index is 10.9. The van der Waals surface area contributed by atoms with Crippen molar-refractivity contribution in [2.75, 3.05) is 5.32 Å². The molecule has 0 spiro atoms. The van der Waals surface area contributed by atoms with Crippen molar-refractivity contribution in [3.8, 4) is 5.88 Å². The fourth-order valence-electron chi connectivity index (χ4n) is 2.09. The smallest absolute Gasteiger partial charge is 0.305 e. The lowest BCUT2D eigenvalue weighted by Crippen LogP contribution is -2.26. The highest BCUT2D eigenvalue weighted by molar-refractivity contribution is 5.68. The van der Waals surface area contributed by atoms with Gasteiger partial charge in [-0.25, -0.2) is 4.98 Å². The monoisotopic (exact) mass is 279 g/mol. The van der Waals surface area contributed by atoms with E-state index >= 15 is 0 Å². The molecule has 1 heterocycles. The van der Waals surface area contributed by atoms with Crippen molar-refractivity contribution in [1.82, 2.24) is 9.97 Å². The Kier molecular flexibility index (Phi) is 4.42. The summed E-state index contributed by atoms with van der Waals surface area (Å²) >= 11 is 0. The third-order valence-electron chi connectivity index (χ3n) is 3.09. The molecule has 1 saturated carbocycles. The Balaban J connectivity index is 2.10. The van der Waals surface area contributed by atoms with Gasteiger partial charge in [0.05, 0.1) is 12.5 Å². The van der Waals surface area contributed by atoms with Crippen molar-refractivity contribution < 1.29 is 14.6 Å². The number of nitrogens with one attached hydrogen (secondary N) is 1. The minimum Gasteiger partial charge on any atom is -0.481 e. The first-order chi connectivity index (χ1) is 9.44. The van der Waals surface area contributed by atoms with Crippen LogP contribution in [0.1, 0.15) is 38.8 Å². The van der Waals surface area contributed by atoms with Gasteiger partial charge in [0.25, 0.3) is 0 Å². The average Bonchev–Trinajstić information content (AvgIpc) is 3.08. The van der Waals surface area contributed by atoms with Gasteiger partial charge < -0.3 is 15.2 Å². The predicted molar refractivity (Wildman–Crippen MR) is 74.9 cm³/mol. The van der Waals surface area contributed by atoms with E-state index in [4.69, 9.17) is 9.84 Å². The van der Waals surface area contributed by atoms with Crippen molar-refractivity contribution in [3.05, 3.63) is 11.8 Å². The van der Waals surface area contributed by atoms with Crippen LogP contribution in [0.3, 0.4) is 0 Å². The van der Waals surface area contributed by atoms with Crippen LogP contribution in [0.15, 0.2) is 6.07 Å². The lowest BCUT2D eigenvalue weighted by molar-refractivity contribution is -0.137. The van der Waals surface area contributed by atoms with Crippen molar-refractivity contribution in [1.29, 1.82) is 0 Å². The van der Waals surface area contributed by atoms with Crippen LogP contribution in [0, 0.1) is 12.8 Å². The molecule has 0 bridgehead atoms. The molecular formula is C14H21N3O3. The van der Waals surface area contributed by atoms with Crippen LogP contribution in [0.25, 0.3) is 0 Å². The van der Waals surface area contributed by atoms with Crippen LogP contribution in [0.2, 0.25) is 0 Å². The largest absolute Gasteiger partial charge is 0.481 e. The van der Waals surface area contributed by atoms with Gasteiger partial charge >= 0.3 is 5.97 Å². The summed E-state index contributed by atoms with van der Waals surface area (Å²) in [6, 6.07) is 1.66. The second kappa shape index (κ2) is 6.07. The number of hydrogen-bond acceptors (Lipinski definition) is 5. The maximum absolute atomic E-state index is 10.9. The zero-order valence-electron chi connectivity index (χ0n) is 12.1. The first-order valence-corrected chi connectivity index (χ1v) is 6.94. The number of carbonyl (C=O) groups is 1. The number of aromatic nitrogens is 2. The second-order valence-corrected chi connectivity index (χ2v) is 5.52. The number of carboxylic acids is 1. The van der Waals surface area contributed by atoms with Crippen molar-refractivity contribution >= 4 is 11.9 Å². The van der Waals surface area contributed by atoms with E-state index < -0.39 is 5.97 Å². The Bertz CT molecular complexity index is 487. The summed E-state index contributed by atoms with van der Waals surface area (Å²) in [6.45, 7) is 5.73. The Morgan fingerprint density at radius 1 is 1.50 bits per heavy atom. The molecule has 1 fully saturated rings. The average molecular weight is 279 g/mol. The Morgan fingerprint density at radius 2 is 2.20 bits per heavy atom. The third-order valence-corrected chi connectivity index (χ3v) is 3.09. The number of aliphatic carboxylic acids is 1. The van der Waals surface area contributed by atoms with Crippen LogP contribution in [-0.4, -0.2) is 33.2 Å². The molecule has 2 N–H and O–H groups in total. The quantitative estimate of drug-likeness (QED) is 0.796. The van der Waals surface area contributed by atoms with E-state index in [1.807, 2.05) is 20.8 Å². The van der Waals surface area contributed by atoms with Crippen LogP contribution < -0.4 is 10.1 Å². The van der Waals surface area contributed by atoms with E-state index in [0.29, 0.717) is 17.7 Å². The molecule has 1 unspecified atom stereocenters. The van der Waals surface area contributed by atoms with Crippen molar-refractivity contribution in [2.24, 2.45) is 5.92 Å². The molecule has 0 radical (unpaired) electrons. The first kappa shape index (κ1) is 14.6. The van der Waals surface area contributed by atoms with Gasteiger partial charge in [0.2, 0.25) is 11.8 Å². The van der Waals surface area contributed by atoms with Crippen molar-refractivity contribution in [3.63, 3.8) is 0 Å². The number of hydrogen-bond donors (Lipinski definition) is 2. The molecule has 1 aliphatic carbocycles. The summed E-state index contributed by atoms with van der Waals surface area (Å²) < 4.78 is 5.57. The number of rotatable bonds is 7. The predicted octanol–water partition coefficient (Wildman–Crippen LogP) is 2.24. The van der Waals surface area contributed by atoms with Gasteiger partial charge in [-0.3, -0.25) is 4.79 Å². The van der Waals surface area contributed by atoms with E-state index in [1.165, 1.54) is 0 Å². The fraction of sp³-hybridized carbons (Fsp3) is 0.643. The van der Waals surface area contributed by atoms with E-state index in [9.17, 15) is 4.79 Å². The summed E-state index contributed by atoms with van der Waals surface area (Å²) in [7, 11) is 0. The number of aryl methyl sites for hydroxylation is 1. The molecule has 1 aliphatic rings. The standard InChI is InChI=1S/C14H21N3O3/c1-8(2)20-12-6-9(3)15-14(17-12)16-11(7-13(18)19)10-4-5-10/h6,8,10-11H,4-5,7H2,1-3H3,(H,18,19)(H,15,16,17). The molecule has 1 aromatic rings. The zero-order chi connectivity index (χ0) is 14.7. The minimum atomic E-state index is -0.805. The molecule has 1 aromatic heterocycles. The highest BCUT2D eigenvalue weighted by atomic mass is 16.5. The van der Waals surface area contributed by atoms with Crippen LogP contribution in [0.5, 0.6) is 5.88 Å². The Hall–Kier alpha value is -1.85. The SMILES string of the molecule is Cc1cc(OC(C)C)nc(NC(CC(=O)O)C2CC2)n1. The van der Waals surface area contributed by atoms with E-state index in [-0.39, 0.29) is 18.6 Å². The number of anilines is 1. The molecule has 0 aliphatic heterocycles. The molecule has 0 aromatic carbocycles. The molecule has 110 valence electrons. The van der Waals surface area contributed by atoms with Crippen LogP contribution >= 0.6 is 0 Å². The summed E-state index contributed by atoms with van der Waals surface area (Å²) in [5.74, 6) is 0.559. The number of nitrogens with zero attached hydrogens (tertiary/aromatic N) is 2. The molecule has 6 heteroatoms. The van der Waals surface area contributed by atoms with Gasteiger partial charge in [-0.15, -0.1) is 0 Å². The molecule has 20 heavy (non-hydrogen) atoms. The topological polar surface area (TPSA) is 84.3 Å². The Labute approximate surface area is 118 Å². The van der Waals surface area contributed by atoms with Gasteiger partial charge in [0.1, 0.15) is 0 Å². The van der Waals surface area contributed by atoms with Crippen LogP contribution in [0.4, 0.5) is 5.95 Å². The van der Waals surface area contributed by atoms with Gasteiger partial charge in [0.15, 0.2) is 0 Å². The molecule has 1 atom stereocenters. The van der Waals surface area contributed by atoms with E-state index in [2.05, 4.69) is 15.3 Å². The molecular weight excluding hydrogens is 258 g/mol. The van der Waals surface area contributed by atoms with Gasteiger partial charge in [0, 0.05) is 17.8 Å². The van der Waals surface area contributed by atoms with E-state index in [1.54, 1.807) is 6.07 Å². The van der Waals surface area contributed by atoms with E-state index in [0.717, 1.165) is 18.5 Å². The Morgan fingerprint density at radius 3 is 2.75 bits per heavy atom. The lowest BCUT2D eigenvalue weighted by Gasteiger charge is -2.17. The van der Waals surface area contributed by atoms with Crippen molar-refractivity contribution in [2.45, 2.75) is 52.2 Å². The summed E-state index contributed by atoms with van der Waals surface area (Å²) in [5, 5.41) is 12.1. The third kappa shape index (κ3) is 4.36. The van der Waals surface area contributed by atoms with Gasteiger partial charge in [-0.1, -0.05) is 0 Å². The second-order valence-electron chi connectivity index (χ2n) is 5.52. The van der Waals surface area contributed by atoms with Gasteiger partial charge in [-0.05, 0) is 39.5 Å². The minimum absolute atomic E-state index is 0.0374. The number of ether oxygens (including phenoxy) is 1. The summed E-state index contributed by atoms with van der Waals surface area (Å²) in [5.41, 5.74) is 0.794. The molecule has 0 amide bonds. The zero-order valence-corrected chi connectivity index (χ0v) is 12.1. The molecule has 2 rings (SSSR count). The first-order valence-electron chi connectivity index (χ1n) is 6.94. The summed E-state index contributed by atoms with van der Waals surface area (Å²) in [4.78, 5) is 19.5. The maximum Gasteiger partial charge on any atom is 0.305 e. The number of carboxylic acid groups (broad SMARTS) is 1. The normalized spacial score (nSPS) is 16.0.